The van der Waals surface area contributed by atoms with E-state index in [4.69, 9.17) is 0 Å². The van der Waals surface area contributed by atoms with Crippen LogP contribution in [0.1, 0.15) is 16.6 Å². The second-order valence-corrected chi connectivity index (χ2v) is 4.37. The first-order valence-electron chi connectivity index (χ1n) is 5.03. The van der Waals surface area contributed by atoms with Crippen molar-refractivity contribution in [2.45, 2.75) is 6.92 Å². The van der Waals surface area contributed by atoms with Crippen LogP contribution >= 0.6 is 11.3 Å². The van der Waals surface area contributed by atoms with Crippen molar-refractivity contribution in [2.75, 3.05) is 6.61 Å². The number of hydrogen-bond acceptors (Lipinski definition) is 4. The Bertz CT molecular complexity index is 588. The molecule has 0 spiro atoms. The van der Waals surface area contributed by atoms with Gasteiger partial charge in [-0.3, -0.25) is 4.79 Å². The van der Waals surface area contributed by atoms with Crippen LogP contribution in [0.15, 0.2) is 24.3 Å². The number of carbonyl (C=O) groups is 2. The topological polar surface area (TPSA) is 43.4 Å². The van der Waals surface area contributed by atoms with Crippen LogP contribution in [0.5, 0.6) is 0 Å². The Morgan fingerprint density at radius 2 is 2.18 bits per heavy atom. The molecular weight excluding hydrogens is 243 g/mol. The summed E-state index contributed by atoms with van der Waals surface area (Å²) in [4.78, 5) is 23.1. The van der Waals surface area contributed by atoms with Gasteiger partial charge >= 0.3 is 5.97 Å². The van der Waals surface area contributed by atoms with Crippen LogP contribution in [-0.4, -0.2) is 18.4 Å². The molecule has 0 aliphatic heterocycles. The fraction of sp³-hybridized carbons (Fsp3) is 0.167. The molecule has 0 amide bonds. The Hall–Kier alpha value is -1.75. The molecule has 0 atom stereocenters. The first-order valence-corrected chi connectivity index (χ1v) is 5.84. The van der Waals surface area contributed by atoms with E-state index in [1.165, 1.54) is 12.1 Å². The average molecular weight is 252 g/mol. The highest BCUT2D eigenvalue weighted by atomic mass is 32.1. The molecule has 0 radical (unpaired) electrons. The summed E-state index contributed by atoms with van der Waals surface area (Å²) in [5, 5.41) is 0.614. The molecule has 5 heteroatoms. The zero-order valence-electron chi connectivity index (χ0n) is 9.03. The number of ether oxygens (including phenoxy) is 1. The molecule has 0 aliphatic carbocycles. The molecule has 2 aromatic rings. The lowest BCUT2D eigenvalue weighted by Crippen LogP contribution is -2.16. The van der Waals surface area contributed by atoms with Crippen molar-refractivity contribution in [1.82, 2.24) is 0 Å². The van der Waals surface area contributed by atoms with Crippen molar-refractivity contribution in [1.29, 1.82) is 0 Å². The van der Waals surface area contributed by atoms with E-state index in [1.807, 2.05) is 0 Å². The molecule has 0 aliphatic rings. The molecule has 0 fully saturated rings. The number of benzene rings is 1. The van der Waals surface area contributed by atoms with Crippen molar-refractivity contribution in [3.8, 4) is 0 Å². The third kappa shape index (κ3) is 2.19. The van der Waals surface area contributed by atoms with Crippen molar-refractivity contribution in [3.05, 3.63) is 35.0 Å². The van der Waals surface area contributed by atoms with Gasteiger partial charge in [-0.2, -0.15) is 0 Å². The number of hydrogen-bond donors (Lipinski definition) is 0. The highest BCUT2D eigenvalue weighted by Gasteiger charge is 2.20. The number of halogens is 1. The lowest BCUT2D eigenvalue weighted by atomic mass is 10.2. The third-order valence-electron chi connectivity index (χ3n) is 2.18. The van der Waals surface area contributed by atoms with E-state index < -0.39 is 17.6 Å². The van der Waals surface area contributed by atoms with Gasteiger partial charge < -0.3 is 4.74 Å². The second-order valence-electron chi connectivity index (χ2n) is 3.32. The quantitative estimate of drug-likeness (QED) is 0.479. The monoisotopic (exact) mass is 252 g/mol. The van der Waals surface area contributed by atoms with E-state index in [1.54, 1.807) is 19.1 Å². The van der Waals surface area contributed by atoms with Crippen LogP contribution in [0.25, 0.3) is 10.1 Å². The molecule has 0 saturated carbocycles. The molecular formula is C12H9FO3S. The van der Waals surface area contributed by atoms with Gasteiger partial charge in [-0.05, 0) is 24.4 Å². The highest BCUT2D eigenvalue weighted by Crippen LogP contribution is 2.28. The van der Waals surface area contributed by atoms with Crippen molar-refractivity contribution in [3.63, 3.8) is 0 Å². The highest BCUT2D eigenvalue weighted by molar-refractivity contribution is 7.21. The van der Waals surface area contributed by atoms with E-state index in [9.17, 15) is 14.0 Å². The van der Waals surface area contributed by atoms with E-state index in [-0.39, 0.29) is 11.5 Å². The van der Waals surface area contributed by atoms with Gasteiger partial charge in [0.2, 0.25) is 0 Å². The van der Waals surface area contributed by atoms with Gasteiger partial charge in [-0.25, -0.2) is 9.18 Å². The van der Waals surface area contributed by atoms with Crippen LogP contribution in [0, 0.1) is 5.82 Å². The van der Waals surface area contributed by atoms with Gasteiger partial charge in [0.25, 0.3) is 5.78 Å². The zero-order chi connectivity index (χ0) is 12.4. The number of carbonyl (C=O) groups excluding carboxylic acids is 2. The Morgan fingerprint density at radius 1 is 1.41 bits per heavy atom. The molecule has 1 aromatic carbocycles. The summed E-state index contributed by atoms with van der Waals surface area (Å²) in [6, 6.07) is 6.07. The third-order valence-corrected chi connectivity index (χ3v) is 3.34. The zero-order valence-corrected chi connectivity index (χ0v) is 9.84. The van der Waals surface area contributed by atoms with Crippen LogP contribution in [0.4, 0.5) is 4.39 Å². The molecule has 0 saturated heterocycles. The summed E-state index contributed by atoms with van der Waals surface area (Å²) in [6.07, 6.45) is 0. The number of esters is 1. The van der Waals surface area contributed by atoms with Crippen LogP contribution in [0.3, 0.4) is 0 Å². The number of ketones is 1. The minimum atomic E-state index is -0.903. The molecule has 0 bridgehead atoms. The molecule has 0 N–H and O–H groups in total. The molecule has 88 valence electrons. The Morgan fingerprint density at radius 3 is 2.82 bits per heavy atom. The molecule has 1 aromatic heterocycles. The first kappa shape index (κ1) is 11.7. The largest absolute Gasteiger partial charge is 0.460 e. The normalized spacial score (nSPS) is 10.5. The van der Waals surface area contributed by atoms with Gasteiger partial charge in [0.15, 0.2) is 0 Å². The average Bonchev–Trinajstić information content (AvgIpc) is 2.73. The molecule has 1 heterocycles. The van der Waals surface area contributed by atoms with E-state index in [0.717, 1.165) is 11.3 Å². The standard InChI is InChI=1S/C12H9FO3S/c1-2-16-12(15)10(14)9-6-7-4-3-5-8(13)11(7)17-9/h3-6H,2H2,1H3. The van der Waals surface area contributed by atoms with Gasteiger partial charge in [0, 0.05) is 0 Å². The predicted molar refractivity (Wildman–Crippen MR) is 62.7 cm³/mol. The Kier molecular flexibility index (Phi) is 3.19. The smallest absolute Gasteiger partial charge is 0.380 e. The van der Waals surface area contributed by atoms with Crippen LogP contribution < -0.4 is 0 Å². The molecule has 3 nitrogen and oxygen atoms in total. The van der Waals surface area contributed by atoms with E-state index >= 15 is 0 Å². The van der Waals surface area contributed by atoms with Crippen molar-refractivity contribution < 1.29 is 18.7 Å². The maximum atomic E-state index is 13.4. The van der Waals surface area contributed by atoms with Crippen molar-refractivity contribution >= 4 is 33.2 Å². The fourth-order valence-electron chi connectivity index (χ4n) is 1.44. The fourth-order valence-corrected chi connectivity index (χ4v) is 2.43. The summed E-state index contributed by atoms with van der Waals surface area (Å²) < 4.78 is 18.4. The number of fused-ring (bicyclic) bond motifs is 1. The first-order chi connectivity index (χ1) is 8.13. The van der Waals surface area contributed by atoms with Crippen molar-refractivity contribution in [2.24, 2.45) is 0 Å². The number of rotatable bonds is 3. The van der Waals surface area contributed by atoms with Crippen LogP contribution in [-0.2, 0) is 9.53 Å². The van der Waals surface area contributed by atoms with E-state index in [0.29, 0.717) is 10.1 Å². The maximum absolute atomic E-state index is 13.4. The summed E-state index contributed by atoms with van der Waals surface area (Å²) in [6.45, 7) is 1.76. The summed E-state index contributed by atoms with van der Waals surface area (Å²) in [5.74, 6) is -2.03. The number of thiophene rings is 1. The van der Waals surface area contributed by atoms with Crippen LogP contribution in [0.2, 0.25) is 0 Å². The minimum Gasteiger partial charge on any atom is -0.460 e. The molecule has 2 rings (SSSR count). The van der Waals surface area contributed by atoms with Gasteiger partial charge in [0.1, 0.15) is 5.82 Å². The summed E-state index contributed by atoms with van der Waals surface area (Å²) in [7, 11) is 0. The molecule has 0 unspecified atom stereocenters. The predicted octanol–water partition coefficient (Wildman–Crippen LogP) is 2.79. The maximum Gasteiger partial charge on any atom is 0.380 e. The number of Topliss-reactive ketones (excluding diaryl/α,β-unsaturated/α-hetero) is 1. The SMILES string of the molecule is CCOC(=O)C(=O)c1cc2cccc(F)c2s1. The van der Waals surface area contributed by atoms with Gasteiger partial charge in [-0.15, -0.1) is 11.3 Å². The minimum absolute atomic E-state index is 0.143. The Labute approximate surface area is 101 Å². The second kappa shape index (κ2) is 4.63. The van der Waals surface area contributed by atoms with E-state index in [2.05, 4.69) is 4.74 Å². The summed E-state index contributed by atoms with van der Waals surface area (Å²) >= 11 is 0.961. The lowest BCUT2D eigenvalue weighted by molar-refractivity contribution is -0.137. The molecule has 17 heavy (non-hydrogen) atoms. The van der Waals surface area contributed by atoms with Gasteiger partial charge in [0.05, 0.1) is 16.2 Å². The van der Waals surface area contributed by atoms with Gasteiger partial charge in [-0.1, -0.05) is 12.1 Å². The Balaban J connectivity index is 2.40. The lowest BCUT2D eigenvalue weighted by Gasteiger charge is -1.96. The summed E-state index contributed by atoms with van der Waals surface area (Å²) in [5.41, 5.74) is 0.